The van der Waals surface area contributed by atoms with Gasteiger partial charge < -0.3 is 11.1 Å². The molecule has 0 bridgehead atoms. The van der Waals surface area contributed by atoms with Crippen LogP contribution in [0, 0.1) is 5.92 Å². The van der Waals surface area contributed by atoms with Gasteiger partial charge in [0.15, 0.2) is 0 Å². The quantitative estimate of drug-likeness (QED) is 0.675. The molecule has 0 saturated heterocycles. The third-order valence-electron chi connectivity index (χ3n) is 2.89. The van der Waals surface area contributed by atoms with Crippen molar-refractivity contribution in [2.45, 2.75) is 39.5 Å². The van der Waals surface area contributed by atoms with Crippen molar-refractivity contribution < 1.29 is 4.79 Å². The molecule has 1 unspecified atom stereocenters. The number of hydrogen-bond donors (Lipinski definition) is 3. The van der Waals surface area contributed by atoms with Gasteiger partial charge in [0, 0.05) is 12.0 Å². The molecule has 5 heteroatoms. The number of nitrogens with two attached hydrogens (primary N) is 1. The highest BCUT2D eigenvalue weighted by atomic mass is 16.1. The van der Waals surface area contributed by atoms with Crippen molar-refractivity contribution in [3.8, 4) is 0 Å². The van der Waals surface area contributed by atoms with E-state index in [9.17, 15) is 4.79 Å². The maximum absolute atomic E-state index is 11.7. The van der Waals surface area contributed by atoms with Gasteiger partial charge in [-0.15, -0.1) is 0 Å². The third kappa shape index (κ3) is 4.56. The summed E-state index contributed by atoms with van der Waals surface area (Å²) >= 11 is 0. The van der Waals surface area contributed by atoms with E-state index in [0.29, 0.717) is 18.9 Å². The van der Waals surface area contributed by atoms with Crippen LogP contribution >= 0.6 is 0 Å². The fourth-order valence-electron chi connectivity index (χ4n) is 1.70. The summed E-state index contributed by atoms with van der Waals surface area (Å²) in [5.41, 5.74) is 6.51. The number of aryl methyl sites for hydroxylation is 1. The summed E-state index contributed by atoms with van der Waals surface area (Å²) in [7, 11) is 0. The van der Waals surface area contributed by atoms with Crippen molar-refractivity contribution in [3.63, 3.8) is 0 Å². The number of carbonyl (C=O) groups is 1. The summed E-state index contributed by atoms with van der Waals surface area (Å²) < 4.78 is 0. The zero-order chi connectivity index (χ0) is 12.7. The number of aromatic amines is 1. The number of carbonyl (C=O) groups excluding carboxylic acids is 1. The average molecular weight is 238 g/mol. The van der Waals surface area contributed by atoms with Crippen LogP contribution in [0.15, 0.2) is 6.20 Å². The first-order valence-electron chi connectivity index (χ1n) is 6.19. The first kappa shape index (κ1) is 13.7. The standard InChI is InChI=1S/C12H22N4O/c1-3-10-8-14-16-12(10)15-11(17)5-4-9(2)6-7-13/h8-9H,3-7,13H2,1-2H3,(H2,14,15,16,17). The van der Waals surface area contributed by atoms with Crippen LogP contribution in [0.1, 0.15) is 38.7 Å². The molecule has 1 amide bonds. The first-order chi connectivity index (χ1) is 8.17. The van der Waals surface area contributed by atoms with Crippen LogP contribution in [-0.2, 0) is 11.2 Å². The van der Waals surface area contributed by atoms with E-state index in [0.717, 1.165) is 30.6 Å². The van der Waals surface area contributed by atoms with E-state index in [4.69, 9.17) is 5.73 Å². The van der Waals surface area contributed by atoms with E-state index in [1.54, 1.807) is 6.20 Å². The smallest absolute Gasteiger partial charge is 0.225 e. The van der Waals surface area contributed by atoms with Gasteiger partial charge in [-0.1, -0.05) is 13.8 Å². The predicted octanol–water partition coefficient (Wildman–Crippen LogP) is 1.68. The van der Waals surface area contributed by atoms with Gasteiger partial charge in [-0.2, -0.15) is 5.10 Å². The maximum atomic E-state index is 11.7. The molecule has 0 aliphatic carbocycles. The Hall–Kier alpha value is -1.36. The molecule has 0 aliphatic heterocycles. The van der Waals surface area contributed by atoms with Crippen molar-refractivity contribution in [2.24, 2.45) is 11.7 Å². The topological polar surface area (TPSA) is 83.8 Å². The zero-order valence-electron chi connectivity index (χ0n) is 10.6. The van der Waals surface area contributed by atoms with E-state index in [-0.39, 0.29) is 5.91 Å². The number of nitrogens with one attached hydrogen (secondary N) is 2. The van der Waals surface area contributed by atoms with Gasteiger partial charge in [0.25, 0.3) is 0 Å². The number of H-pyrrole nitrogens is 1. The maximum Gasteiger partial charge on any atom is 0.225 e. The molecule has 0 aliphatic rings. The molecule has 4 N–H and O–H groups in total. The van der Waals surface area contributed by atoms with Gasteiger partial charge >= 0.3 is 0 Å². The summed E-state index contributed by atoms with van der Waals surface area (Å²) in [4.78, 5) is 11.7. The molecule has 0 aromatic carbocycles. The van der Waals surface area contributed by atoms with Gasteiger partial charge in [-0.05, 0) is 31.7 Å². The zero-order valence-corrected chi connectivity index (χ0v) is 10.6. The predicted molar refractivity (Wildman–Crippen MR) is 68.7 cm³/mol. The molecular weight excluding hydrogens is 216 g/mol. The van der Waals surface area contributed by atoms with Crippen LogP contribution in [-0.4, -0.2) is 22.6 Å². The minimum atomic E-state index is 0.0350. The highest BCUT2D eigenvalue weighted by Crippen LogP contribution is 2.13. The molecule has 1 rings (SSSR count). The molecule has 0 spiro atoms. The lowest BCUT2D eigenvalue weighted by Gasteiger charge is -2.09. The van der Waals surface area contributed by atoms with Crippen molar-refractivity contribution in [2.75, 3.05) is 11.9 Å². The lowest BCUT2D eigenvalue weighted by Crippen LogP contribution is -2.15. The van der Waals surface area contributed by atoms with Crippen LogP contribution < -0.4 is 11.1 Å². The summed E-state index contributed by atoms with van der Waals surface area (Å²) in [6.45, 7) is 4.83. The molecular formula is C12H22N4O. The monoisotopic (exact) mass is 238 g/mol. The Morgan fingerprint density at radius 1 is 1.59 bits per heavy atom. The lowest BCUT2D eigenvalue weighted by molar-refractivity contribution is -0.116. The van der Waals surface area contributed by atoms with E-state index in [1.165, 1.54) is 0 Å². The van der Waals surface area contributed by atoms with Gasteiger partial charge in [0.1, 0.15) is 5.82 Å². The molecule has 0 fully saturated rings. The van der Waals surface area contributed by atoms with E-state index in [1.807, 2.05) is 6.92 Å². The number of aromatic nitrogens is 2. The normalized spacial score (nSPS) is 12.4. The van der Waals surface area contributed by atoms with E-state index < -0.39 is 0 Å². The molecule has 0 saturated carbocycles. The van der Waals surface area contributed by atoms with Crippen LogP contribution in [0.3, 0.4) is 0 Å². The van der Waals surface area contributed by atoms with Gasteiger partial charge in [0.2, 0.25) is 5.91 Å². The van der Waals surface area contributed by atoms with Crippen molar-refractivity contribution in [1.29, 1.82) is 0 Å². The molecule has 5 nitrogen and oxygen atoms in total. The molecule has 1 atom stereocenters. The second kappa shape index (κ2) is 7.06. The summed E-state index contributed by atoms with van der Waals surface area (Å²) in [5, 5.41) is 9.56. The van der Waals surface area contributed by atoms with Gasteiger partial charge in [-0.3, -0.25) is 9.89 Å². The largest absolute Gasteiger partial charge is 0.330 e. The van der Waals surface area contributed by atoms with Crippen molar-refractivity contribution in [3.05, 3.63) is 11.8 Å². The van der Waals surface area contributed by atoms with Crippen LogP contribution in [0.2, 0.25) is 0 Å². The number of rotatable bonds is 7. The Morgan fingerprint density at radius 2 is 2.35 bits per heavy atom. The minimum Gasteiger partial charge on any atom is -0.330 e. The lowest BCUT2D eigenvalue weighted by atomic mass is 10.0. The minimum absolute atomic E-state index is 0.0350. The Kier molecular flexibility index (Phi) is 5.69. The van der Waals surface area contributed by atoms with Crippen LogP contribution in [0.4, 0.5) is 5.82 Å². The Labute approximate surface area is 102 Å². The molecule has 1 aromatic heterocycles. The van der Waals surface area contributed by atoms with Crippen molar-refractivity contribution >= 4 is 11.7 Å². The van der Waals surface area contributed by atoms with E-state index in [2.05, 4.69) is 22.4 Å². The second-order valence-corrected chi connectivity index (χ2v) is 4.39. The summed E-state index contributed by atoms with van der Waals surface area (Å²) in [6, 6.07) is 0. The number of nitrogens with zero attached hydrogens (tertiary/aromatic N) is 1. The van der Waals surface area contributed by atoms with E-state index >= 15 is 0 Å². The molecule has 17 heavy (non-hydrogen) atoms. The van der Waals surface area contributed by atoms with Gasteiger partial charge in [0.05, 0.1) is 6.20 Å². The molecule has 0 radical (unpaired) electrons. The number of amides is 1. The third-order valence-corrected chi connectivity index (χ3v) is 2.89. The Balaban J connectivity index is 2.34. The Morgan fingerprint density at radius 3 is 3.00 bits per heavy atom. The van der Waals surface area contributed by atoms with Crippen molar-refractivity contribution in [1.82, 2.24) is 10.2 Å². The molecule has 1 aromatic rings. The fraction of sp³-hybridized carbons (Fsp3) is 0.667. The van der Waals surface area contributed by atoms with Crippen LogP contribution in [0.5, 0.6) is 0 Å². The SMILES string of the molecule is CCc1cn[nH]c1NC(=O)CCC(C)CCN. The molecule has 1 heterocycles. The molecule has 96 valence electrons. The van der Waals surface area contributed by atoms with Crippen LogP contribution in [0.25, 0.3) is 0 Å². The highest BCUT2D eigenvalue weighted by molar-refractivity contribution is 5.90. The first-order valence-corrected chi connectivity index (χ1v) is 6.19. The summed E-state index contributed by atoms with van der Waals surface area (Å²) in [6.07, 6.45) is 4.97. The number of hydrogen-bond acceptors (Lipinski definition) is 3. The highest BCUT2D eigenvalue weighted by Gasteiger charge is 2.09. The summed E-state index contributed by atoms with van der Waals surface area (Å²) in [5.74, 6) is 1.26. The number of anilines is 1. The second-order valence-electron chi connectivity index (χ2n) is 4.39. The average Bonchev–Trinajstić information content (AvgIpc) is 2.74. The fourth-order valence-corrected chi connectivity index (χ4v) is 1.70. The van der Waals surface area contributed by atoms with Gasteiger partial charge in [-0.25, -0.2) is 0 Å². The Bertz CT molecular complexity index is 348.